The van der Waals surface area contributed by atoms with Gasteiger partial charge in [-0.25, -0.2) is 0 Å². The Morgan fingerprint density at radius 3 is 2.65 bits per heavy atom. The van der Waals surface area contributed by atoms with E-state index in [2.05, 4.69) is 11.4 Å². The Balaban J connectivity index is 1.76. The zero-order chi connectivity index (χ0) is 16.4. The first-order valence-electron chi connectivity index (χ1n) is 7.74. The molecular weight excluding hydrogens is 290 g/mol. The fourth-order valence-corrected chi connectivity index (χ4v) is 3.13. The number of hydrogen-bond acceptors (Lipinski definition) is 3. The molecule has 0 fully saturated rings. The van der Waals surface area contributed by atoms with Gasteiger partial charge in [-0.2, -0.15) is 0 Å². The Bertz CT molecular complexity index is 739. The van der Waals surface area contributed by atoms with Gasteiger partial charge in [0.1, 0.15) is 11.5 Å². The van der Waals surface area contributed by atoms with Crippen molar-refractivity contribution in [2.75, 3.05) is 14.2 Å². The summed E-state index contributed by atoms with van der Waals surface area (Å²) in [6.45, 7) is 1.94. The molecule has 0 bridgehead atoms. The molecule has 0 spiro atoms. The predicted octanol–water partition coefficient (Wildman–Crippen LogP) is 3.43. The number of aryl methyl sites for hydroxylation is 2. The summed E-state index contributed by atoms with van der Waals surface area (Å²) in [5, 5.41) is 3.13. The molecule has 0 heterocycles. The third-order valence-corrected chi connectivity index (χ3v) is 4.39. The van der Waals surface area contributed by atoms with Crippen LogP contribution >= 0.6 is 0 Å². The van der Waals surface area contributed by atoms with Crippen LogP contribution in [0.4, 0.5) is 0 Å². The van der Waals surface area contributed by atoms with Crippen LogP contribution in [0.5, 0.6) is 11.5 Å². The highest BCUT2D eigenvalue weighted by Crippen LogP contribution is 2.33. The second kappa shape index (κ2) is 6.32. The second-order valence-electron chi connectivity index (χ2n) is 5.81. The minimum atomic E-state index is -0.0515. The van der Waals surface area contributed by atoms with E-state index in [1.807, 2.05) is 31.2 Å². The summed E-state index contributed by atoms with van der Waals surface area (Å²) >= 11 is 0. The number of fused-ring (bicyclic) bond motifs is 1. The zero-order valence-electron chi connectivity index (χ0n) is 13.7. The van der Waals surface area contributed by atoms with Crippen molar-refractivity contribution in [3.63, 3.8) is 0 Å². The van der Waals surface area contributed by atoms with E-state index < -0.39 is 0 Å². The van der Waals surface area contributed by atoms with Gasteiger partial charge in [0.05, 0.1) is 20.3 Å². The fourth-order valence-electron chi connectivity index (χ4n) is 3.13. The number of rotatable bonds is 4. The van der Waals surface area contributed by atoms with Gasteiger partial charge in [-0.3, -0.25) is 4.79 Å². The first-order chi connectivity index (χ1) is 11.1. The van der Waals surface area contributed by atoms with Gasteiger partial charge in [0.25, 0.3) is 5.91 Å². The molecule has 4 nitrogen and oxygen atoms in total. The number of carbonyl (C=O) groups excluding carboxylic acids is 1. The monoisotopic (exact) mass is 311 g/mol. The molecule has 1 atom stereocenters. The topological polar surface area (TPSA) is 47.6 Å². The smallest absolute Gasteiger partial charge is 0.251 e. The third kappa shape index (κ3) is 3.02. The lowest BCUT2D eigenvalue weighted by atomic mass is 10.1. The molecule has 1 aliphatic rings. The number of amides is 1. The van der Waals surface area contributed by atoms with E-state index in [1.165, 1.54) is 11.1 Å². The lowest BCUT2D eigenvalue weighted by molar-refractivity contribution is 0.0936. The van der Waals surface area contributed by atoms with Crippen molar-refractivity contribution < 1.29 is 14.3 Å². The molecule has 120 valence electrons. The second-order valence-corrected chi connectivity index (χ2v) is 5.81. The van der Waals surface area contributed by atoms with Crippen LogP contribution in [0.3, 0.4) is 0 Å². The van der Waals surface area contributed by atoms with Crippen LogP contribution in [0.15, 0.2) is 36.4 Å². The van der Waals surface area contributed by atoms with E-state index in [9.17, 15) is 4.79 Å². The Kier molecular flexibility index (Phi) is 4.24. The summed E-state index contributed by atoms with van der Waals surface area (Å²) in [6.07, 6.45) is 1.88. The third-order valence-electron chi connectivity index (χ3n) is 4.39. The zero-order valence-corrected chi connectivity index (χ0v) is 13.7. The number of nitrogens with one attached hydrogen (secondary N) is 1. The van der Waals surface area contributed by atoms with Gasteiger partial charge in [0.15, 0.2) is 0 Å². The maximum atomic E-state index is 12.5. The standard InChI is InChI=1S/C19H21NO3/c1-12-10-14(5-9-18(12)23-3)19(21)20-17-8-4-13-11-15(22-2)6-7-16(13)17/h5-7,9-11,17H,4,8H2,1-3H3,(H,20,21)/t17-/m1/s1. The van der Waals surface area contributed by atoms with Gasteiger partial charge in [0.2, 0.25) is 0 Å². The number of benzene rings is 2. The van der Waals surface area contributed by atoms with Crippen LogP contribution in [0.2, 0.25) is 0 Å². The predicted molar refractivity (Wildman–Crippen MR) is 89.3 cm³/mol. The van der Waals surface area contributed by atoms with Crippen LogP contribution in [0.25, 0.3) is 0 Å². The summed E-state index contributed by atoms with van der Waals surface area (Å²) in [4.78, 5) is 12.5. The molecule has 23 heavy (non-hydrogen) atoms. The van der Waals surface area contributed by atoms with Gasteiger partial charge >= 0.3 is 0 Å². The lowest BCUT2D eigenvalue weighted by Gasteiger charge is -2.15. The van der Waals surface area contributed by atoms with Crippen molar-refractivity contribution in [2.24, 2.45) is 0 Å². The quantitative estimate of drug-likeness (QED) is 0.941. The first-order valence-corrected chi connectivity index (χ1v) is 7.74. The van der Waals surface area contributed by atoms with Crippen LogP contribution in [-0.4, -0.2) is 20.1 Å². The van der Waals surface area contributed by atoms with Gasteiger partial charge in [-0.05, 0) is 66.8 Å². The molecule has 0 saturated carbocycles. The number of methoxy groups -OCH3 is 2. The molecule has 2 aromatic carbocycles. The maximum absolute atomic E-state index is 12.5. The summed E-state index contributed by atoms with van der Waals surface area (Å²) in [6, 6.07) is 11.6. The average Bonchev–Trinajstić information content (AvgIpc) is 2.96. The van der Waals surface area contributed by atoms with Crippen molar-refractivity contribution in [3.8, 4) is 11.5 Å². The molecule has 4 heteroatoms. The molecule has 1 N–H and O–H groups in total. The maximum Gasteiger partial charge on any atom is 0.251 e. The number of carbonyl (C=O) groups is 1. The van der Waals surface area contributed by atoms with Gasteiger partial charge in [-0.1, -0.05) is 6.07 Å². The Labute approximate surface area is 136 Å². The minimum Gasteiger partial charge on any atom is -0.497 e. The van der Waals surface area contributed by atoms with E-state index >= 15 is 0 Å². The lowest BCUT2D eigenvalue weighted by Crippen LogP contribution is -2.27. The van der Waals surface area contributed by atoms with Crippen molar-refractivity contribution in [2.45, 2.75) is 25.8 Å². The van der Waals surface area contributed by atoms with Crippen molar-refractivity contribution in [1.29, 1.82) is 0 Å². The molecule has 2 aromatic rings. The average molecular weight is 311 g/mol. The van der Waals surface area contributed by atoms with Crippen LogP contribution in [-0.2, 0) is 6.42 Å². The fraction of sp³-hybridized carbons (Fsp3) is 0.316. The molecular formula is C19H21NO3. The molecule has 0 saturated heterocycles. The highest BCUT2D eigenvalue weighted by molar-refractivity contribution is 5.95. The van der Waals surface area contributed by atoms with Crippen LogP contribution in [0.1, 0.15) is 39.5 Å². The van der Waals surface area contributed by atoms with E-state index in [0.717, 1.165) is 29.9 Å². The normalized spacial score (nSPS) is 15.9. The summed E-state index contributed by atoms with van der Waals surface area (Å²) in [5.74, 6) is 1.60. The van der Waals surface area contributed by atoms with E-state index in [4.69, 9.17) is 9.47 Å². The highest BCUT2D eigenvalue weighted by atomic mass is 16.5. The van der Waals surface area contributed by atoms with E-state index in [1.54, 1.807) is 20.3 Å². The summed E-state index contributed by atoms with van der Waals surface area (Å²) in [7, 11) is 3.30. The molecule has 0 radical (unpaired) electrons. The van der Waals surface area contributed by atoms with Crippen molar-refractivity contribution >= 4 is 5.91 Å². The number of hydrogen-bond donors (Lipinski definition) is 1. The Morgan fingerprint density at radius 1 is 1.13 bits per heavy atom. The Morgan fingerprint density at radius 2 is 1.96 bits per heavy atom. The van der Waals surface area contributed by atoms with Crippen LogP contribution in [0, 0.1) is 6.92 Å². The number of ether oxygens (including phenoxy) is 2. The SMILES string of the molecule is COc1ccc2c(c1)CC[C@H]2NC(=O)c1ccc(OC)c(C)c1. The summed E-state index contributed by atoms with van der Waals surface area (Å²) < 4.78 is 10.5. The van der Waals surface area contributed by atoms with Crippen molar-refractivity contribution in [3.05, 3.63) is 58.7 Å². The van der Waals surface area contributed by atoms with Gasteiger partial charge in [0, 0.05) is 5.56 Å². The molecule has 0 aliphatic heterocycles. The molecule has 0 unspecified atom stereocenters. The first kappa shape index (κ1) is 15.4. The van der Waals surface area contributed by atoms with Crippen molar-refractivity contribution in [1.82, 2.24) is 5.32 Å². The molecule has 1 amide bonds. The molecule has 3 rings (SSSR count). The highest BCUT2D eigenvalue weighted by Gasteiger charge is 2.24. The van der Waals surface area contributed by atoms with Gasteiger partial charge < -0.3 is 14.8 Å². The van der Waals surface area contributed by atoms with Gasteiger partial charge in [-0.15, -0.1) is 0 Å². The largest absolute Gasteiger partial charge is 0.497 e. The summed E-state index contributed by atoms with van der Waals surface area (Å²) in [5.41, 5.74) is 4.05. The Hall–Kier alpha value is -2.49. The minimum absolute atomic E-state index is 0.0515. The van der Waals surface area contributed by atoms with E-state index in [-0.39, 0.29) is 11.9 Å². The molecule has 1 aliphatic carbocycles. The van der Waals surface area contributed by atoms with Crippen LogP contribution < -0.4 is 14.8 Å². The molecule has 0 aromatic heterocycles. The van der Waals surface area contributed by atoms with E-state index in [0.29, 0.717) is 5.56 Å².